The van der Waals surface area contributed by atoms with Crippen molar-refractivity contribution in [1.82, 2.24) is 20.2 Å². The summed E-state index contributed by atoms with van der Waals surface area (Å²) in [6, 6.07) is 4.07. The van der Waals surface area contributed by atoms with Crippen molar-refractivity contribution in [2.45, 2.75) is 45.2 Å². The first-order valence-corrected chi connectivity index (χ1v) is 9.38. The van der Waals surface area contributed by atoms with E-state index in [0.29, 0.717) is 18.7 Å². The Morgan fingerprint density at radius 2 is 2.28 bits per heavy atom. The molecule has 6 nitrogen and oxygen atoms in total. The number of aromatic nitrogens is 2. The van der Waals surface area contributed by atoms with Crippen LogP contribution in [0, 0.1) is 0 Å². The van der Waals surface area contributed by atoms with Gasteiger partial charge in [-0.25, -0.2) is 0 Å². The normalized spacial score (nSPS) is 16.8. The minimum Gasteiger partial charge on any atom is -0.351 e. The van der Waals surface area contributed by atoms with Crippen LogP contribution in [0.15, 0.2) is 29.9 Å². The number of carbonyl (C=O) groups is 2. The number of nitrogens with zero attached hydrogens (tertiary/aromatic N) is 3. The Morgan fingerprint density at radius 1 is 1.40 bits per heavy atom. The van der Waals surface area contributed by atoms with Crippen molar-refractivity contribution in [2.24, 2.45) is 0 Å². The second kappa shape index (κ2) is 8.20. The highest BCUT2D eigenvalue weighted by Gasteiger charge is 2.30. The molecule has 0 bridgehead atoms. The number of thiophene rings is 1. The number of amides is 2. The first-order chi connectivity index (χ1) is 12.1. The number of likely N-dealkylation sites (tertiary alicyclic amines) is 1. The van der Waals surface area contributed by atoms with E-state index in [1.807, 2.05) is 16.3 Å². The summed E-state index contributed by atoms with van der Waals surface area (Å²) < 4.78 is 0. The van der Waals surface area contributed by atoms with E-state index >= 15 is 0 Å². The molecule has 3 heterocycles. The molecule has 1 saturated heterocycles. The van der Waals surface area contributed by atoms with Crippen molar-refractivity contribution in [2.75, 3.05) is 6.54 Å². The molecule has 1 aliphatic rings. The van der Waals surface area contributed by atoms with E-state index < -0.39 is 0 Å². The predicted octanol–water partition coefficient (Wildman–Crippen LogP) is 2.47. The zero-order valence-corrected chi connectivity index (χ0v) is 15.1. The standard InChI is InChI=1S/C18H22N4O2S/c1-13(23)20-11-14-10-19-12-16(21-14)17-5-2-8-22(17)18(24)7-6-15-4-3-9-25-15/h3-4,9-10,12,17H,2,5-8,11H2,1H3,(H,20,23). The topological polar surface area (TPSA) is 75.2 Å². The molecule has 0 spiro atoms. The van der Waals surface area contributed by atoms with Crippen LogP contribution in [0.5, 0.6) is 0 Å². The molecule has 1 N–H and O–H groups in total. The van der Waals surface area contributed by atoms with Crippen molar-refractivity contribution in [3.8, 4) is 0 Å². The lowest BCUT2D eigenvalue weighted by molar-refractivity contribution is -0.132. The maximum Gasteiger partial charge on any atom is 0.223 e. The zero-order valence-electron chi connectivity index (χ0n) is 14.3. The third-order valence-electron chi connectivity index (χ3n) is 4.30. The predicted molar refractivity (Wildman–Crippen MR) is 95.9 cm³/mol. The smallest absolute Gasteiger partial charge is 0.223 e. The molecule has 0 radical (unpaired) electrons. The molecule has 0 aromatic carbocycles. The summed E-state index contributed by atoms with van der Waals surface area (Å²) in [7, 11) is 0. The fourth-order valence-corrected chi connectivity index (χ4v) is 3.79. The molecule has 25 heavy (non-hydrogen) atoms. The maximum atomic E-state index is 12.6. The number of hydrogen-bond acceptors (Lipinski definition) is 5. The Labute approximate surface area is 151 Å². The Bertz CT molecular complexity index is 732. The van der Waals surface area contributed by atoms with Crippen LogP contribution in [-0.2, 0) is 22.6 Å². The Kier molecular flexibility index (Phi) is 5.75. The van der Waals surface area contributed by atoms with E-state index in [4.69, 9.17) is 0 Å². The highest BCUT2D eigenvalue weighted by molar-refractivity contribution is 7.09. The molecule has 2 aromatic rings. The zero-order chi connectivity index (χ0) is 17.6. The van der Waals surface area contributed by atoms with Crippen molar-refractivity contribution in [3.63, 3.8) is 0 Å². The SMILES string of the molecule is CC(=O)NCc1cncc(C2CCCN2C(=O)CCc2cccs2)n1. The highest BCUT2D eigenvalue weighted by Crippen LogP contribution is 2.31. The molecular formula is C18H22N4O2S. The molecule has 3 rings (SSSR count). The number of nitrogens with one attached hydrogen (secondary N) is 1. The molecule has 0 aliphatic carbocycles. The third kappa shape index (κ3) is 4.63. The Morgan fingerprint density at radius 3 is 3.04 bits per heavy atom. The second-order valence-electron chi connectivity index (χ2n) is 6.17. The number of hydrogen-bond donors (Lipinski definition) is 1. The van der Waals surface area contributed by atoms with Gasteiger partial charge in [0, 0.05) is 24.8 Å². The summed E-state index contributed by atoms with van der Waals surface area (Å²) in [5, 5.41) is 4.77. The van der Waals surface area contributed by atoms with E-state index in [1.165, 1.54) is 11.8 Å². The van der Waals surface area contributed by atoms with Crippen molar-refractivity contribution >= 4 is 23.2 Å². The summed E-state index contributed by atoms with van der Waals surface area (Å²) in [6.07, 6.45) is 6.57. The van der Waals surface area contributed by atoms with Crippen LogP contribution in [0.1, 0.15) is 48.5 Å². The fourth-order valence-electron chi connectivity index (χ4n) is 3.09. The average Bonchev–Trinajstić information content (AvgIpc) is 3.29. The second-order valence-corrected chi connectivity index (χ2v) is 7.20. The van der Waals surface area contributed by atoms with Gasteiger partial charge in [-0.15, -0.1) is 11.3 Å². The Hall–Kier alpha value is -2.28. The van der Waals surface area contributed by atoms with Gasteiger partial charge >= 0.3 is 0 Å². The molecule has 1 aliphatic heterocycles. The van der Waals surface area contributed by atoms with E-state index in [0.717, 1.165) is 31.5 Å². The van der Waals surface area contributed by atoms with Crippen LogP contribution < -0.4 is 5.32 Å². The lowest BCUT2D eigenvalue weighted by atomic mass is 10.1. The molecular weight excluding hydrogens is 336 g/mol. The van der Waals surface area contributed by atoms with Crippen molar-refractivity contribution < 1.29 is 9.59 Å². The summed E-state index contributed by atoms with van der Waals surface area (Å²) in [4.78, 5) is 35.7. The van der Waals surface area contributed by atoms with Gasteiger partial charge in [0.25, 0.3) is 0 Å². The molecule has 132 valence electrons. The van der Waals surface area contributed by atoms with Crippen molar-refractivity contribution in [1.29, 1.82) is 0 Å². The van der Waals surface area contributed by atoms with Gasteiger partial charge < -0.3 is 10.2 Å². The van der Waals surface area contributed by atoms with Gasteiger partial charge in [-0.05, 0) is 30.7 Å². The Balaban J connectivity index is 1.65. The summed E-state index contributed by atoms with van der Waals surface area (Å²) >= 11 is 1.69. The molecule has 1 atom stereocenters. The summed E-state index contributed by atoms with van der Waals surface area (Å²) in [6.45, 7) is 2.60. The van der Waals surface area contributed by atoms with Gasteiger partial charge in [0.2, 0.25) is 11.8 Å². The van der Waals surface area contributed by atoms with E-state index in [2.05, 4.69) is 21.4 Å². The first kappa shape index (κ1) is 17.5. The third-order valence-corrected chi connectivity index (χ3v) is 5.24. The summed E-state index contributed by atoms with van der Waals surface area (Å²) in [5.41, 5.74) is 1.52. The largest absolute Gasteiger partial charge is 0.351 e. The van der Waals surface area contributed by atoms with Gasteiger partial charge in [-0.2, -0.15) is 0 Å². The van der Waals surface area contributed by atoms with E-state index in [1.54, 1.807) is 23.7 Å². The van der Waals surface area contributed by atoms with Gasteiger partial charge in [0.15, 0.2) is 0 Å². The number of rotatable bonds is 6. The molecule has 2 aromatic heterocycles. The number of aryl methyl sites for hydroxylation is 1. The van der Waals surface area contributed by atoms with Crippen LogP contribution in [0.25, 0.3) is 0 Å². The van der Waals surface area contributed by atoms with Gasteiger partial charge in [-0.1, -0.05) is 6.07 Å². The summed E-state index contributed by atoms with van der Waals surface area (Å²) in [5.74, 6) is 0.0726. The maximum absolute atomic E-state index is 12.6. The molecule has 1 fully saturated rings. The molecule has 0 saturated carbocycles. The molecule has 7 heteroatoms. The minimum absolute atomic E-state index is 0.0133. The molecule has 2 amide bonds. The van der Waals surface area contributed by atoms with Crippen LogP contribution in [-0.4, -0.2) is 33.2 Å². The minimum atomic E-state index is -0.0987. The van der Waals surface area contributed by atoms with Crippen LogP contribution in [0.3, 0.4) is 0 Å². The van der Waals surface area contributed by atoms with Crippen LogP contribution >= 0.6 is 11.3 Å². The lowest BCUT2D eigenvalue weighted by Crippen LogP contribution is -2.31. The van der Waals surface area contributed by atoms with Crippen molar-refractivity contribution in [3.05, 3.63) is 46.2 Å². The first-order valence-electron chi connectivity index (χ1n) is 8.50. The van der Waals surface area contributed by atoms with Gasteiger partial charge in [0.1, 0.15) is 0 Å². The fraction of sp³-hybridized carbons (Fsp3) is 0.444. The van der Waals surface area contributed by atoms with Gasteiger partial charge in [-0.3, -0.25) is 19.6 Å². The monoisotopic (exact) mass is 358 g/mol. The van der Waals surface area contributed by atoms with Crippen LogP contribution in [0.4, 0.5) is 0 Å². The quantitative estimate of drug-likeness (QED) is 0.861. The molecule has 1 unspecified atom stereocenters. The van der Waals surface area contributed by atoms with Gasteiger partial charge in [0.05, 0.1) is 36.4 Å². The highest BCUT2D eigenvalue weighted by atomic mass is 32.1. The van der Waals surface area contributed by atoms with Crippen LogP contribution in [0.2, 0.25) is 0 Å². The average molecular weight is 358 g/mol. The van der Waals surface area contributed by atoms with E-state index in [9.17, 15) is 9.59 Å². The van der Waals surface area contributed by atoms with E-state index in [-0.39, 0.29) is 17.9 Å². The number of carbonyl (C=O) groups excluding carboxylic acids is 2. The lowest BCUT2D eigenvalue weighted by Gasteiger charge is -2.24.